The summed E-state index contributed by atoms with van der Waals surface area (Å²) in [5.74, 6) is 0.190. The minimum atomic E-state index is -0.636. The molecule has 0 unspecified atom stereocenters. The fourth-order valence-electron chi connectivity index (χ4n) is 3.72. The molecule has 4 rings (SSSR count). The molecule has 0 saturated carbocycles. The monoisotopic (exact) mass is 442 g/mol. The molecule has 0 fully saturated rings. The van der Waals surface area contributed by atoms with E-state index in [9.17, 15) is 9.59 Å². The maximum absolute atomic E-state index is 13.0. The molecule has 33 heavy (non-hydrogen) atoms. The van der Waals surface area contributed by atoms with Crippen LogP contribution in [0.3, 0.4) is 0 Å². The summed E-state index contributed by atoms with van der Waals surface area (Å²) in [5.41, 5.74) is 3.74. The maximum atomic E-state index is 13.0. The fraction of sp³-hybridized carbons (Fsp3) is 0.185. The first kappa shape index (κ1) is 22.1. The lowest BCUT2D eigenvalue weighted by atomic mass is 9.95. The first-order chi connectivity index (χ1) is 16.1. The molecule has 0 radical (unpaired) electrons. The summed E-state index contributed by atoms with van der Waals surface area (Å²) < 4.78 is 11.5. The zero-order valence-electron chi connectivity index (χ0n) is 18.4. The number of urea groups is 1. The Labute approximate surface area is 193 Å². The molecule has 1 aliphatic rings. The van der Waals surface area contributed by atoms with E-state index in [0.717, 1.165) is 16.7 Å². The van der Waals surface area contributed by atoms with Crippen LogP contribution in [0.25, 0.3) is 0 Å². The standard InChI is InChI=1S/C27H26N2O4/c1-19-24(26(30)32-16-15-20-9-4-2-5-10-20)25(29-27(31)28-19)22-13-8-14-23(17-22)33-18-21-11-6-3-7-12-21/h2-14,17,25H,15-16,18H2,1H3,(H2,28,29,31)/t25-/m1/s1. The van der Waals surface area contributed by atoms with Crippen LogP contribution in [0, 0.1) is 0 Å². The van der Waals surface area contributed by atoms with Crippen LogP contribution in [0.4, 0.5) is 4.79 Å². The van der Waals surface area contributed by atoms with Gasteiger partial charge in [0, 0.05) is 12.1 Å². The van der Waals surface area contributed by atoms with Gasteiger partial charge in [0.1, 0.15) is 12.4 Å². The average Bonchev–Trinajstić information content (AvgIpc) is 2.84. The predicted octanol–water partition coefficient (Wildman–Crippen LogP) is 4.68. The summed E-state index contributed by atoms with van der Waals surface area (Å²) in [5, 5.41) is 5.52. The summed E-state index contributed by atoms with van der Waals surface area (Å²) in [6, 6.07) is 26.1. The number of hydrogen-bond donors (Lipinski definition) is 2. The third-order valence-electron chi connectivity index (χ3n) is 5.40. The van der Waals surface area contributed by atoms with Crippen molar-refractivity contribution in [3.63, 3.8) is 0 Å². The number of rotatable bonds is 8. The van der Waals surface area contributed by atoms with E-state index in [1.54, 1.807) is 6.92 Å². The minimum Gasteiger partial charge on any atom is -0.489 e. The largest absolute Gasteiger partial charge is 0.489 e. The van der Waals surface area contributed by atoms with Gasteiger partial charge in [-0.1, -0.05) is 72.8 Å². The Morgan fingerprint density at radius 2 is 1.61 bits per heavy atom. The van der Waals surface area contributed by atoms with Gasteiger partial charge in [0.2, 0.25) is 0 Å². The van der Waals surface area contributed by atoms with E-state index < -0.39 is 12.0 Å². The van der Waals surface area contributed by atoms with E-state index >= 15 is 0 Å². The Kier molecular flexibility index (Phi) is 7.05. The molecular formula is C27H26N2O4. The number of nitrogens with one attached hydrogen (secondary N) is 2. The van der Waals surface area contributed by atoms with Crippen molar-refractivity contribution in [2.24, 2.45) is 0 Å². The first-order valence-electron chi connectivity index (χ1n) is 10.9. The number of hydrogen-bond acceptors (Lipinski definition) is 4. The maximum Gasteiger partial charge on any atom is 0.338 e. The van der Waals surface area contributed by atoms with E-state index in [1.807, 2.05) is 84.9 Å². The molecule has 0 aromatic heterocycles. The molecule has 168 valence electrons. The smallest absolute Gasteiger partial charge is 0.338 e. The van der Waals surface area contributed by atoms with Crippen molar-refractivity contribution < 1.29 is 19.1 Å². The van der Waals surface area contributed by atoms with E-state index in [0.29, 0.717) is 30.0 Å². The summed E-state index contributed by atoms with van der Waals surface area (Å²) in [6.07, 6.45) is 0.617. The highest BCUT2D eigenvalue weighted by Crippen LogP contribution is 2.30. The van der Waals surface area contributed by atoms with Crippen LogP contribution in [0.15, 0.2) is 96.2 Å². The number of amides is 2. The van der Waals surface area contributed by atoms with Gasteiger partial charge >= 0.3 is 12.0 Å². The highest BCUT2D eigenvalue weighted by molar-refractivity contribution is 5.95. The van der Waals surface area contributed by atoms with Gasteiger partial charge in [-0.15, -0.1) is 0 Å². The van der Waals surface area contributed by atoms with Crippen LogP contribution in [0.5, 0.6) is 5.75 Å². The summed E-state index contributed by atoms with van der Waals surface area (Å²) >= 11 is 0. The van der Waals surface area contributed by atoms with Gasteiger partial charge in [-0.25, -0.2) is 9.59 Å². The van der Waals surface area contributed by atoms with E-state index in [1.165, 1.54) is 0 Å². The van der Waals surface area contributed by atoms with E-state index in [-0.39, 0.29) is 12.6 Å². The van der Waals surface area contributed by atoms with Crippen LogP contribution < -0.4 is 15.4 Å². The molecule has 1 heterocycles. The topological polar surface area (TPSA) is 76.7 Å². The molecule has 3 aromatic rings. The quantitative estimate of drug-likeness (QED) is 0.497. The van der Waals surface area contributed by atoms with Crippen LogP contribution in [0.2, 0.25) is 0 Å². The lowest BCUT2D eigenvalue weighted by Gasteiger charge is -2.28. The molecule has 2 amide bonds. The van der Waals surface area contributed by atoms with Crippen LogP contribution in [-0.4, -0.2) is 18.6 Å². The van der Waals surface area contributed by atoms with Gasteiger partial charge in [0.25, 0.3) is 0 Å². The second-order valence-electron chi connectivity index (χ2n) is 7.79. The number of esters is 1. The van der Waals surface area contributed by atoms with Crippen molar-refractivity contribution in [2.75, 3.05) is 6.61 Å². The molecule has 3 aromatic carbocycles. The van der Waals surface area contributed by atoms with Gasteiger partial charge in [-0.05, 0) is 35.7 Å². The molecule has 6 heteroatoms. The van der Waals surface area contributed by atoms with Crippen LogP contribution in [0.1, 0.15) is 29.7 Å². The third kappa shape index (κ3) is 5.80. The van der Waals surface area contributed by atoms with Crippen molar-refractivity contribution in [3.8, 4) is 5.75 Å². The first-order valence-corrected chi connectivity index (χ1v) is 10.9. The molecule has 0 saturated heterocycles. The molecular weight excluding hydrogens is 416 g/mol. The molecule has 1 atom stereocenters. The van der Waals surface area contributed by atoms with Gasteiger partial charge in [0.05, 0.1) is 18.2 Å². The van der Waals surface area contributed by atoms with Gasteiger partial charge in [-0.3, -0.25) is 0 Å². The molecule has 0 aliphatic carbocycles. The Bertz CT molecular complexity index is 1140. The number of carbonyl (C=O) groups excluding carboxylic acids is 2. The van der Waals surface area contributed by atoms with Gasteiger partial charge in [0.15, 0.2) is 0 Å². The normalized spacial score (nSPS) is 15.4. The Morgan fingerprint density at radius 1 is 0.909 bits per heavy atom. The number of benzene rings is 3. The van der Waals surface area contributed by atoms with Crippen molar-refractivity contribution in [2.45, 2.75) is 26.0 Å². The highest BCUT2D eigenvalue weighted by atomic mass is 16.5. The molecule has 1 aliphatic heterocycles. The van der Waals surface area contributed by atoms with Crippen LogP contribution in [-0.2, 0) is 22.6 Å². The molecule has 2 N–H and O–H groups in total. The van der Waals surface area contributed by atoms with Crippen LogP contribution >= 0.6 is 0 Å². The number of allylic oxidation sites excluding steroid dienone is 1. The Balaban J connectivity index is 1.48. The Hall–Kier alpha value is -4.06. The van der Waals surface area contributed by atoms with Crippen molar-refractivity contribution in [1.82, 2.24) is 10.6 Å². The molecule has 0 spiro atoms. The second kappa shape index (κ2) is 10.5. The number of carbonyl (C=O) groups is 2. The minimum absolute atomic E-state index is 0.251. The lowest BCUT2D eigenvalue weighted by Crippen LogP contribution is -2.45. The second-order valence-corrected chi connectivity index (χ2v) is 7.79. The van der Waals surface area contributed by atoms with Crippen molar-refractivity contribution >= 4 is 12.0 Å². The SMILES string of the molecule is CC1=C(C(=O)OCCc2ccccc2)[C@@H](c2cccc(OCc3ccccc3)c2)NC(=O)N1. The Morgan fingerprint density at radius 3 is 2.33 bits per heavy atom. The average molecular weight is 443 g/mol. The summed E-state index contributed by atoms with van der Waals surface area (Å²) in [6.45, 7) is 2.38. The zero-order chi connectivity index (χ0) is 23.0. The van der Waals surface area contributed by atoms with Gasteiger partial charge in [-0.2, -0.15) is 0 Å². The van der Waals surface area contributed by atoms with Crippen molar-refractivity contribution in [3.05, 3.63) is 113 Å². The highest BCUT2D eigenvalue weighted by Gasteiger charge is 2.32. The lowest BCUT2D eigenvalue weighted by molar-refractivity contribution is -0.139. The third-order valence-corrected chi connectivity index (χ3v) is 5.40. The van der Waals surface area contributed by atoms with Crippen molar-refractivity contribution in [1.29, 1.82) is 0 Å². The fourth-order valence-corrected chi connectivity index (χ4v) is 3.72. The van der Waals surface area contributed by atoms with E-state index in [2.05, 4.69) is 10.6 Å². The van der Waals surface area contributed by atoms with E-state index in [4.69, 9.17) is 9.47 Å². The summed E-state index contributed by atoms with van der Waals surface area (Å²) in [7, 11) is 0. The summed E-state index contributed by atoms with van der Waals surface area (Å²) in [4.78, 5) is 25.2. The molecule has 0 bridgehead atoms. The molecule has 6 nitrogen and oxygen atoms in total. The predicted molar refractivity (Wildman–Crippen MR) is 125 cm³/mol. The zero-order valence-corrected chi connectivity index (χ0v) is 18.4. The van der Waals surface area contributed by atoms with Gasteiger partial charge < -0.3 is 20.1 Å². The number of ether oxygens (including phenoxy) is 2.